The molecule has 1 heterocycles. The highest BCUT2D eigenvalue weighted by molar-refractivity contribution is 5.97. The molecule has 1 aliphatic rings. The normalized spacial score (nSPS) is 14.7. The van der Waals surface area contributed by atoms with Crippen molar-refractivity contribution < 1.29 is 14.4 Å². The highest BCUT2D eigenvalue weighted by atomic mass is 16.2. The van der Waals surface area contributed by atoms with Crippen LogP contribution in [0.5, 0.6) is 0 Å². The fraction of sp³-hybridized carbons (Fsp3) is 0.611. The molecule has 136 valence electrons. The summed E-state index contributed by atoms with van der Waals surface area (Å²) < 4.78 is 0. The first-order chi connectivity index (χ1) is 11.4. The molecule has 25 heavy (non-hydrogen) atoms. The van der Waals surface area contributed by atoms with Gasteiger partial charge in [0.2, 0.25) is 17.8 Å². The molecule has 0 fully saturated rings. The molecule has 0 saturated carbocycles. The van der Waals surface area contributed by atoms with Gasteiger partial charge in [-0.2, -0.15) is 4.98 Å². The molecule has 1 aliphatic carbocycles. The second-order valence-electron chi connectivity index (χ2n) is 8.44. The Balaban J connectivity index is 2.41. The smallest absolute Gasteiger partial charge is 0.232 e. The van der Waals surface area contributed by atoms with E-state index in [1.54, 1.807) is 41.5 Å². The summed E-state index contributed by atoms with van der Waals surface area (Å²) in [6.07, 6.45) is 1.08. The lowest BCUT2D eigenvalue weighted by atomic mass is 9.93. The number of hydrogen-bond acceptors (Lipinski definition) is 5. The van der Waals surface area contributed by atoms with Crippen molar-refractivity contribution in [3.63, 3.8) is 0 Å². The number of fused-ring (bicyclic) bond motifs is 1. The van der Waals surface area contributed by atoms with E-state index in [0.29, 0.717) is 29.9 Å². The molecule has 7 heteroatoms. The lowest BCUT2D eigenvalue weighted by molar-refractivity contribution is -0.123. The lowest BCUT2D eigenvalue weighted by Gasteiger charge is -2.23. The molecular weight excluding hydrogens is 320 g/mol. The SMILES string of the molecule is CC(C)(C)C(=O)Nc1nc2c(c(NC(=O)C(C)(C)C)n1)CC(=O)CC2. The number of nitrogens with one attached hydrogen (secondary N) is 2. The third kappa shape index (κ3) is 4.61. The van der Waals surface area contributed by atoms with Crippen LogP contribution in [0.15, 0.2) is 0 Å². The zero-order valence-electron chi connectivity index (χ0n) is 15.7. The van der Waals surface area contributed by atoms with Crippen LogP contribution in [0.4, 0.5) is 11.8 Å². The van der Waals surface area contributed by atoms with E-state index in [1.807, 2.05) is 0 Å². The number of rotatable bonds is 2. The molecule has 7 nitrogen and oxygen atoms in total. The molecule has 0 unspecified atom stereocenters. The third-order valence-electron chi connectivity index (χ3n) is 3.93. The monoisotopic (exact) mass is 346 g/mol. The average molecular weight is 346 g/mol. The summed E-state index contributed by atoms with van der Waals surface area (Å²) in [6.45, 7) is 10.8. The van der Waals surface area contributed by atoms with Crippen LogP contribution >= 0.6 is 0 Å². The van der Waals surface area contributed by atoms with Gasteiger partial charge in [0.15, 0.2) is 0 Å². The molecular formula is C18H26N4O3. The number of aryl methyl sites for hydroxylation is 1. The van der Waals surface area contributed by atoms with E-state index in [4.69, 9.17) is 0 Å². The van der Waals surface area contributed by atoms with Crippen LogP contribution in [0.25, 0.3) is 0 Å². The number of nitrogens with zero attached hydrogens (tertiary/aromatic N) is 2. The van der Waals surface area contributed by atoms with Crippen LogP contribution in [-0.4, -0.2) is 27.6 Å². The number of anilines is 2. The van der Waals surface area contributed by atoms with Crippen molar-refractivity contribution in [1.29, 1.82) is 0 Å². The summed E-state index contributed by atoms with van der Waals surface area (Å²) in [7, 11) is 0. The molecule has 0 bridgehead atoms. The molecule has 2 rings (SSSR count). The van der Waals surface area contributed by atoms with Crippen LogP contribution in [-0.2, 0) is 27.2 Å². The standard InChI is InChI=1S/C18H26N4O3/c1-17(2,3)14(24)20-13-11-9-10(23)7-8-12(11)19-16(21-13)22-15(25)18(4,5)6/h7-9H2,1-6H3,(H2,19,20,21,22,24,25). The average Bonchev–Trinajstić information content (AvgIpc) is 2.46. The van der Waals surface area contributed by atoms with Crippen molar-refractivity contribution in [3.05, 3.63) is 11.3 Å². The Labute approximate surface area is 148 Å². The van der Waals surface area contributed by atoms with Crippen LogP contribution in [0.1, 0.15) is 59.2 Å². The highest BCUT2D eigenvalue weighted by Crippen LogP contribution is 2.27. The molecule has 2 amide bonds. The fourth-order valence-corrected chi connectivity index (χ4v) is 2.21. The summed E-state index contributed by atoms with van der Waals surface area (Å²) in [5, 5.41) is 5.49. The summed E-state index contributed by atoms with van der Waals surface area (Å²) in [5.74, 6) is 0.125. The Morgan fingerprint density at radius 1 is 0.880 bits per heavy atom. The molecule has 0 saturated heterocycles. The van der Waals surface area contributed by atoms with Gasteiger partial charge < -0.3 is 5.32 Å². The highest BCUT2D eigenvalue weighted by Gasteiger charge is 2.28. The van der Waals surface area contributed by atoms with E-state index in [1.165, 1.54) is 0 Å². The zero-order chi connectivity index (χ0) is 19.0. The topological polar surface area (TPSA) is 101 Å². The predicted molar refractivity (Wildman–Crippen MR) is 95.2 cm³/mol. The van der Waals surface area contributed by atoms with Gasteiger partial charge in [0.25, 0.3) is 0 Å². The molecule has 2 N–H and O–H groups in total. The van der Waals surface area contributed by atoms with Gasteiger partial charge in [0.1, 0.15) is 11.6 Å². The van der Waals surface area contributed by atoms with Gasteiger partial charge in [-0.25, -0.2) is 4.98 Å². The van der Waals surface area contributed by atoms with Gasteiger partial charge in [-0.05, 0) is 6.42 Å². The molecule has 0 aliphatic heterocycles. The Bertz CT molecular complexity index is 727. The maximum absolute atomic E-state index is 12.4. The molecule has 0 atom stereocenters. The Morgan fingerprint density at radius 3 is 2.00 bits per heavy atom. The van der Waals surface area contributed by atoms with E-state index in [2.05, 4.69) is 20.6 Å². The minimum absolute atomic E-state index is 0.0915. The van der Waals surface area contributed by atoms with Crippen LogP contribution in [0.2, 0.25) is 0 Å². The van der Waals surface area contributed by atoms with Crippen molar-refractivity contribution in [2.45, 2.75) is 60.8 Å². The number of ketones is 1. The second-order valence-corrected chi connectivity index (χ2v) is 8.44. The van der Waals surface area contributed by atoms with Crippen LogP contribution < -0.4 is 10.6 Å². The van der Waals surface area contributed by atoms with E-state index in [0.717, 1.165) is 0 Å². The Kier molecular flexibility index (Phi) is 4.97. The van der Waals surface area contributed by atoms with Crippen LogP contribution in [0, 0.1) is 10.8 Å². The van der Waals surface area contributed by atoms with E-state index in [-0.39, 0.29) is 30.0 Å². The Morgan fingerprint density at radius 2 is 1.44 bits per heavy atom. The summed E-state index contributed by atoms with van der Waals surface area (Å²) in [6, 6.07) is 0. The first kappa shape index (κ1) is 19.0. The minimum atomic E-state index is -0.606. The largest absolute Gasteiger partial charge is 0.310 e. The second kappa shape index (κ2) is 6.54. The van der Waals surface area contributed by atoms with Crippen LogP contribution in [0.3, 0.4) is 0 Å². The maximum Gasteiger partial charge on any atom is 0.232 e. The third-order valence-corrected chi connectivity index (χ3v) is 3.93. The number of Topliss-reactive ketones (excluding diaryl/α,β-unsaturated/α-hetero) is 1. The van der Waals surface area contributed by atoms with Crippen molar-refractivity contribution in [2.24, 2.45) is 10.8 Å². The number of aromatic nitrogens is 2. The van der Waals surface area contributed by atoms with E-state index >= 15 is 0 Å². The predicted octanol–water partition coefficient (Wildman–Crippen LogP) is 2.50. The van der Waals surface area contributed by atoms with E-state index < -0.39 is 10.8 Å². The van der Waals surface area contributed by atoms with Crippen molar-refractivity contribution in [1.82, 2.24) is 9.97 Å². The fourth-order valence-electron chi connectivity index (χ4n) is 2.21. The molecule has 1 aromatic rings. The molecule has 0 radical (unpaired) electrons. The number of carbonyl (C=O) groups is 3. The summed E-state index contributed by atoms with van der Waals surface area (Å²) in [4.78, 5) is 45.1. The molecule has 0 aromatic carbocycles. The van der Waals surface area contributed by atoms with Gasteiger partial charge in [0, 0.05) is 29.2 Å². The van der Waals surface area contributed by atoms with Gasteiger partial charge >= 0.3 is 0 Å². The first-order valence-corrected chi connectivity index (χ1v) is 8.42. The number of amides is 2. The van der Waals surface area contributed by atoms with Gasteiger partial charge in [0.05, 0.1) is 5.69 Å². The van der Waals surface area contributed by atoms with Crippen molar-refractivity contribution >= 4 is 29.4 Å². The number of carbonyl (C=O) groups excluding carboxylic acids is 3. The minimum Gasteiger partial charge on any atom is -0.310 e. The first-order valence-electron chi connectivity index (χ1n) is 8.42. The maximum atomic E-state index is 12.4. The van der Waals surface area contributed by atoms with Crippen molar-refractivity contribution in [3.8, 4) is 0 Å². The zero-order valence-corrected chi connectivity index (χ0v) is 15.7. The molecule has 0 spiro atoms. The quantitative estimate of drug-likeness (QED) is 0.857. The lowest BCUT2D eigenvalue weighted by Crippen LogP contribution is -2.31. The van der Waals surface area contributed by atoms with Gasteiger partial charge in [-0.15, -0.1) is 0 Å². The molecule has 1 aromatic heterocycles. The van der Waals surface area contributed by atoms with Gasteiger partial charge in [-0.3, -0.25) is 19.7 Å². The van der Waals surface area contributed by atoms with Gasteiger partial charge in [-0.1, -0.05) is 41.5 Å². The van der Waals surface area contributed by atoms with E-state index in [9.17, 15) is 14.4 Å². The Hall–Kier alpha value is -2.31. The summed E-state index contributed by atoms with van der Waals surface area (Å²) in [5.41, 5.74) is 0.140. The summed E-state index contributed by atoms with van der Waals surface area (Å²) >= 11 is 0. The van der Waals surface area contributed by atoms with Crippen molar-refractivity contribution in [2.75, 3.05) is 10.6 Å². The number of hydrogen-bond donors (Lipinski definition) is 2.